The predicted molar refractivity (Wildman–Crippen MR) is 64.7 cm³/mol. The summed E-state index contributed by atoms with van der Waals surface area (Å²) in [6.07, 6.45) is 0. The number of nitrogens with two attached hydrogens (primary N) is 1. The van der Waals surface area contributed by atoms with Crippen molar-refractivity contribution < 1.29 is 9.53 Å². The molecular formula is C11H15BrN2O2. The predicted octanol–water partition coefficient (Wildman–Crippen LogP) is 2.04. The summed E-state index contributed by atoms with van der Waals surface area (Å²) in [6, 6.07) is 4.93. The third-order valence-electron chi connectivity index (χ3n) is 2.54. The van der Waals surface area contributed by atoms with E-state index < -0.39 is 11.5 Å². The Labute approximate surface area is 103 Å². The van der Waals surface area contributed by atoms with Gasteiger partial charge in [0, 0.05) is 0 Å². The van der Waals surface area contributed by atoms with Gasteiger partial charge in [-0.3, -0.25) is 4.79 Å². The number of rotatable bonds is 3. The van der Waals surface area contributed by atoms with Crippen LogP contribution in [0, 0.1) is 5.41 Å². The number of carbonyl (C=O) groups excluding carboxylic acids is 1. The van der Waals surface area contributed by atoms with Crippen LogP contribution in [0.4, 0.5) is 0 Å². The number of hydrogen-bond acceptors (Lipinski definition) is 4. The van der Waals surface area contributed by atoms with Crippen LogP contribution >= 0.6 is 15.9 Å². The molecule has 1 aromatic heterocycles. The molecule has 0 spiro atoms. The van der Waals surface area contributed by atoms with Gasteiger partial charge in [0.25, 0.3) is 0 Å². The van der Waals surface area contributed by atoms with Crippen molar-refractivity contribution in [1.82, 2.24) is 4.98 Å². The van der Waals surface area contributed by atoms with Crippen molar-refractivity contribution in [2.75, 3.05) is 7.11 Å². The first-order chi connectivity index (χ1) is 7.39. The number of ether oxygens (including phenoxy) is 1. The van der Waals surface area contributed by atoms with Crippen LogP contribution in [0.3, 0.4) is 0 Å². The van der Waals surface area contributed by atoms with E-state index in [1.807, 2.05) is 6.07 Å². The quantitative estimate of drug-likeness (QED) is 0.682. The summed E-state index contributed by atoms with van der Waals surface area (Å²) in [6.45, 7) is 3.48. The average molecular weight is 287 g/mol. The first-order valence-electron chi connectivity index (χ1n) is 4.86. The highest BCUT2D eigenvalue weighted by Crippen LogP contribution is 2.31. The van der Waals surface area contributed by atoms with E-state index in [0.717, 1.165) is 0 Å². The Balaban J connectivity index is 3.01. The Kier molecular flexibility index (Phi) is 4.04. The molecule has 16 heavy (non-hydrogen) atoms. The molecule has 0 saturated carbocycles. The Hall–Kier alpha value is -0.940. The van der Waals surface area contributed by atoms with Crippen LogP contribution in [0.25, 0.3) is 0 Å². The van der Waals surface area contributed by atoms with Gasteiger partial charge >= 0.3 is 5.97 Å². The molecule has 0 fully saturated rings. The molecule has 0 aliphatic rings. The molecule has 1 aromatic rings. The van der Waals surface area contributed by atoms with Crippen molar-refractivity contribution in [3.05, 3.63) is 28.5 Å². The van der Waals surface area contributed by atoms with Gasteiger partial charge in [-0.1, -0.05) is 6.07 Å². The topological polar surface area (TPSA) is 65.2 Å². The molecule has 0 saturated heterocycles. The van der Waals surface area contributed by atoms with Crippen LogP contribution in [0.1, 0.15) is 25.6 Å². The SMILES string of the molecule is COC(=O)C(C)(C)[C@@H](N)c1cccc(Br)n1. The van der Waals surface area contributed by atoms with Crippen LogP contribution in [0.5, 0.6) is 0 Å². The first kappa shape index (κ1) is 13.1. The van der Waals surface area contributed by atoms with E-state index in [9.17, 15) is 4.79 Å². The minimum absolute atomic E-state index is 0.346. The molecule has 0 unspecified atom stereocenters. The lowest BCUT2D eigenvalue weighted by Gasteiger charge is -2.28. The van der Waals surface area contributed by atoms with Crippen LogP contribution in [0.15, 0.2) is 22.8 Å². The van der Waals surface area contributed by atoms with Crippen molar-refractivity contribution in [3.8, 4) is 0 Å². The number of carbonyl (C=O) groups is 1. The maximum Gasteiger partial charge on any atom is 0.313 e. The number of methoxy groups -OCH3 is 1. The number of esters is 1. The number of halogens is 1. The van der Waals surface area contributed by atoms with Gasteiger partial charge in [0.2, 0.25) is 0 Å². The highest BCUT2D eigenvalue weighted by Gasteiger charge is 2.37. The fourth-order valence-electron chi connectivity index (χ4n) is 1.36. The van der Waals surface area contributed by atoms with Gasteiger partial charge in [-0.15, -0.1) is 0 Å². The van der Waals surface area contributed by atoms with E-state index in [-0.39, 0.29) is 5.97 Å². The molecule has 0 amide bonds. The largest absolute Gasteiger partial charge is 0.469 e. The Morgan fingerprint density at radius 1 is 1.56 bits per heavy atom. The van der Waals surface area contributed by atoms with Crippen LogP contribution in [-0.2, 0) is 9.53 Å². The first-order valence-corrected chi connectivity index (χ1v) is 5.65. The molecule has 1 heterocycles. The van der Waals surface area contributed by atoms with Crippen LogP contribution < -0.4 is 5.73 Å². The summed E-state index contributed by atoms with van der Waals surface area (Å²) >= 11 is 3.27. The van der Waals surface area contributed by atoms with E-state index >= 15 is 0 Å². The van der Waals surface area contributed by atoms with Crippen molar-refractivity contribution in [1.29, 1.82) is 0 Å². The summed E-state index contributed by atoms with van der Waals surface area (Å²) in [4.78, 5) is 15.8. The zero-order valence-electron chi connectivity index (χ0n) is 9.53. The minimum atomic E-state index is -0.803. The van der Waals surface area contributed by atoms with Gasteiger partial charge in [-0.25, -0.2) is 4.98 Å². The molecule has 0 aliphatic carbocycles. The fourth-order valence-corrected chi connectivity index (χ4v) is 1.71. The van der Waals surface area contributed by atoms with E-state index in [0.29, 0.717) is 10.3 Å². The highest BCUT2D eigenvalue weighted by molar-refractivity contribution is 9.10. The van der Waals surface area contributed by atoms with Crippen molar-refractivity contribution in [3.63, 3.8) is 0 Å². The average Bonchev–Trinajstić information content (AvgIpc) is 2.26. The second kappa shape index (κ2) is 4.93. The maximum atomic E-state index is 11.6. The Morgan fingerprint density at radius 2 is 2.19 bits per heavy atom. The molecular weight excluding hydrogens is 272 g/mol. The number of hydrogen-bond donors (Lipinski definition) is 1. The lowest BCUT2D eigenvalue weighted by molar-refractivity contribution is -0.152. The Bertz CT molecular complexity index is 393. The van der Waals surface area contributed by atoms with Gasteiger partial charge < -0.3 is 10.5 Å². The molecule has 0 bridgehead atoms. The standard InChI is InChI=1S/C11H15BrN2O2/c1-11(2,10(15)16-3)9(13)7-5-4-6-8(12)14-7/h4-6,9H,13H2,1-3H3/t9-/m0/s1. The molecule has 0 aliphatic heterocycles. The number of nitrogens with zero attached hydrogens (tertiary/aromatic N) is 1. The summed E-state index contributed by atoms with van der Waals surface area (Å²) in [5.41, 5.74) is 5.89. The zero-order chi connectivity index (χ0) is 12.3. The third-order valence-corrected chi connectivity index (χ3v) is 2.99. The fraction of sp³-hybridized carbons (Fsp3) is 0.455. The Morgan fingerprint density at radius 3 is 2.69 bits per heavy atom. The molecule has 0 aromatic carbocycles. The highest BCUT2D eigenvalue weighted by atomic mass is 79.9. The molecule has 4 nitrogen and oxygen atoms in total. The molecule has 1 rings (SSSR count). The molecule has 2 N–H and O–H groups in total. The normalized spacial score (nSPS) is 13.3. The van der Waals surface area contributed by atoms with E-state index in [4.69, 9.17) is 10.5 Å². The van der Waals surface area contributed by atoms with Crippen molar-refractivity contribution in [2.24, 2.45) is 11.1 Å². The maximum absolute atomic E-state index is 11.6. The zero-order valence-corrected chi connectivity index (χ0v) is 11.1. The molecule has 1 atom stereocenters. The second-order valence-corrected chi connectivity index (χ2v) is 4.89. The van der Waals surface area contributed by atoms with Crippen LogP contribution in [-0.4, -0.2) is 18.1 Å². The summed E-state index contributed by atoms with van der Waals surface area (Å²) in [5, 5.41) is 0. The van der Waals surface area contributed by atoms with Crippen molar-refractivity contribution >= 4 is 21.9 Å². The summed E-state index contributed by atoms with van der Waals surface area (Å²) in [5.74, 6) is -0.346. The summed E-state index contributed by atoms with van der Waals surface area (Å²) in [7, 11) is 1.35. The lowest BCUT2D eigenvalue weighted by atomic mass is 9.83. The monoisotopic (exact) mass is 286 g/mol. The molecule has 5 heteroatoms. The van der Waals surface area contributed by atoms with Crippen LogP contribution in [0.2, 0.25) is 0 Å². The third kappa shape index (κ3) is 2.59. The van der Waals surface area contributed by atoms with Gasteiger partial charge in [0.05, 0.1) is 24.3 Å². The molecule has 88 valence electrons. The second-order valence-electron chi connectivity index (χ2n) is 4.08. The number of pyridine rings is 1. The van der Waals surface area contributed by atoms with Gasteiger partial charge in [0.1, 0.15) is 4.60 Å². The van der Waals surface area contributed by atoms with E-state index in [1.165, 1.54) is 7.11 Å². The van der Waals surface area contributed by atoms with E-state index in [2.05, 4.69) is 20.9 Å². The lowest BCUT2D eigenvalue weighted by Crippen LogP contribution is -2.37. The smallest absolute Gasteiger partial charge is 0.313 e. The van der Waals surface area contributed by atoms with Crippen molar-refractivity contribution in [2.45, 2.75) is 19.9 Å². The van der Waals surface area contributed by atoms with Gasteiger partial charge in [-0.05, 0) is 41.9 Å². The number of aromatic nitrogens is 1. The van der Waals surface area contributed by atoms with Gasteiger partial charge in [-0.2, -0.15) is 0 Å². The van der Waals surface area contributed by atoms with E-state index in [1.54, 1.807) is 26.0 Å². The van der Waals surface area contributed by atoms with Gasteiger partial charge in [0.15, 0.2) is 0 Å². The molecule has 0 radical (unpaired) electrons. The minimum Gasteiger partial charge on any atom is -0.469 e. The summed E-state index contributed by atoms with van der Waals surface area (Å²) < 4.78 is 5.42.